The van der Waals surface area contributed by atoms with Gasteiger partial charge in [0.15, 0.2) is 0 Å². The Bertz CT molecular complexity index is 675. The van der Waals surface area contributed by atoms with Crippen LogP contribution in [0.4, 0.5) is 0 Å². The van der Waals surface area contributed by atoms with Crippen LogP contribution < -0.4 is 5.32 Å². The highest BCUT2D eigenvalue weighted by Gasteiger charge is 2.25. The first-order chi connectivity index (χ1) is 10.5. The molecule has 2 aromatic heterocycles. The molecule has 2 aromatic rings. The van der Waals surface area contributed by atoms with E-state index in [1.807, 2.05) is 12.3 Å². The van der Waals surface area contributed by atoms with Crippen LogP contribution in [0.5, 0.6) is 0 Å². The molecule has 0 spiro atoms. The van der Waals surface area contributed by atoms with Crippen molar-refractivity contribution in [2.45, 2.75) is 58.5 Å². The molecule has 1 N–H and O–H groups in total. The summed E-state index contributed by atoms with van der Waals surface area (Å²) in [5.41, 5.74) is 0.851. The second-order valence-electron chi connectivity index (χ2n) is 6.08. The van der Waals surface area contributed by atoms with Gasteiger partial charge in [-0.3, -0.25) is 4.79 Å². The van der Waals surface area contributed by atoms with Crippen molar-refractivity contribution in [3.05, 3.63) is 27.7 Å². The normalized spacial score (nSPS) is 17.5. The summed E-state index contributed by atoms with van der Waals surface area (Å²) in [6, 6.07) is 0.147. The van der Waals surface area contributed by atoms with Crippen LogP contribution >= 0.6 is 11.3 Å². The molecular weight excluding hydrogens is 298 g/mol. The minimum atomic E-state index is 0.0397. The lowest BCUT2D eigenvalue weighted by Gasteiger charge is -2.25. The van der Waals surface area contributed by atoms with E-state index < -0.39 is 0 Å². The van der Waals surface area contributed by atoms with Gasteiger partial charge in [0, 0.05) is 30.3 Å². The van der Waals surface area contributed by atoms with Crippen LogP contribution in [-0.2, 0) is 24.2 Å². The van der Waals surface area contributed by atoms with Crippen LogP contribution in [0.2, 0.25) is 0 Å². The molecule has 0 bridgehead atoms. The molecule has 0 saturated heterocycles. The van der Waals surface area contributed by atoms with Crippen molar-refractivity contribution in [1.82, 2.24) is 25.1 Å². The number of amides is 1. The highest BCUT2D eigenvalue weighted by Crippen LogP contribution is 2.20. The summed E-state index contributed by atoms with van der Waals surface area (Å²) in [7, 11) is 0. The number of rotatable bonds is 4. The second-order valence-corrected chi connectivity index (χ2v) is 7.14. The monoisotopic (exact) mass is 319 g/mol. The van der Waals surface area contributed by atoms with Gasteiger partial charge in [0.25, 0.3) is 0 Å². The number of nitrogens with zero attached hydrogens (tertiary/aromatic N) is 4. The average Bonchev–Trinajstić information content (AvgIpc) is 3.04. The molecule has 7 heteroatoms. The molecule has 3 heterocycles. The SMILES string of the molecule is Cc1nc(CC(=O)N[C@H]2CCc3nnc(C(C)C)n3C2)cs1. The second kappa shape index (κ2) is 6.16. The minimum Gasteiger partial charge on any atom is -0.351 e. The number of hydrogen-bond donors (Lipinski definition) is 1. The molecule has 0 saturated carbocycles. The van der Waals surface area contributed by atoms with Gasteiger partial charge in [0.2, 0.25) is 5.91 Å². The zero-order valence-electron chi connectivity index (χ0n) is 13.2. The number of aryl methyl sites for hydroxylation is 2. The number of aromatic nitrogens is 4. The molecule has 0 fully saturated rings. The molecule has 0 aromatic carbocycles. The van der Waals surface area contributed by atoms with E-state index in [2.05, 4.69) is 38.9 Å². The Kier molecular flexibility index (Phi) is 4.24. The smallest absolute Gasteiger partial charge is 0.226 e. The van der Waals surface area contributed by atoms with Gasteiger partial charge in [-0.25, -0.2) is 4.98 Å². The van der Waals surface area contributed by atoms with Crippen molar-refractivity contribution in [3.63, 3.8) is 0 Å². The van der Waals surface area contributed by atoms with Crippen LogP contribution in [0.15, 0.2) is 5.38 Å². The molecule has 1 aliphatic rings. The maximum Gasteiger partial charge on any atom is 0.226 e. The fourth-order valence-corrected chi connectivity index (χ4v) is 3.44. The summed E-state index contributed by atoms with van der Waals surface area (Å²) in [6.07, 6.45) is 2.13. The predicted octanol–water partition coefficient (Wildman–Crippen LogP) is 1.84. The molecule has 0 radical (unpaired) electrons. The van der Waals surface area contributed by atoms with Crippen molar-refractivity contribution < 1.29 is 4.79 Å². The quantitative estimate of drug-likeness (QED) is 0.933. The van der Waals surface area contributed by atoms with E-state index in [0.717, 1.165) is 41.7 Å². The maximum absolute atomic E-state index is 12.2. The van der Waals surface area contributed by atoms with Gasteiger partial charge in [-0.15, -0.1) is 21.5 Å². The Hall–Kier alpha value is -1.76. The molecule has 3 rings (SSSR count). The van der Waals surface area contributed by atoms with Crippen LogP contribution in [0.3, 0.4) is 0 Å². The summed E-state index contributed by atoms with van der Waals surface area (Å²) in [6.45, 7) is 6.94. The van der Waals surface area contributed by atoms with E-state index in [-0.39, 0.29) is 11.9 Å². The summed E-state index contributed by atoms with van der Waals surface area (Å²) in [4.78, 5) is 16.5. The summed E-state index contributed by atoms with van der Waals surface area (Å²) in [5.74, 6) is 2.42. The van der Waals surface area contributed by atoms with Gasteiger partial charge < -0.3 is 9.88 Å². The average molecular weight is 319 g/mol. The topological polar surface area (TPSA) is 72.7 Å². The highest BCUT2D eigenvalue weighted by molar-refractivity contribution is 7.09. The first-order valence-corrected chi connectivity index (χ1v) is 8.53. The molecule has 22 heavy (non-hydrogen) atoms. The van der Waals surface area contributed by atoms with E-state index in [9.17, 15) is 4.79 Å². The van der Waals surface area contributed by atoms with Crippen molar-refractivity contribution in [1.29, 1.82) is 0 Å². The Labute approximate surface area is 134 Å². The number of carbonyl (C=O) groups is 1. The van der Waals surface area contributed by atoms with Crippen LogP contribution in [0, 0.1) is 6.92 Å². The fourth-order valence-electron chi connectivity index (χ4n) is 2.83. The van der Waals surface area contributed by atoms with Crippen LogP contribution in [0.1, 0.15) is 48.5 Å². The standard InChI is InChI=1S/C15H21N5OS/c1-9(2)15-19-18-13-5-4-11(7-20(13)15)17-14(21)6-12-8-22-10(3)16-12/h8-9,11H,4-7H2,1-3H3,(H,17,21)/t11-/m0/s1. The number of nitrogens with one attached hydrogen (secondary N) is 1. The zero-order chi connectivity index (χ0) is 15.7. The van der Waals surface area contributed by atoms with E-state index in [4.69, 9.17) is 0 Å². The van der Waals surface area contributed by atoms with E-state index >= 15 is 0 Å². The van der Waals surface area contributed by atoms with Crippen molar-refractivity contribution in [2.75, 3.05) is 0 Å². The number of hydrogen-bond acceptors (Lipinski definition) is 5. The maximum atomic E-state index is 12.2. The molecule has 1 aliphatic heterocycles. The van der Waals surface area contributed by atoms with E-state index in [1.54, 1.807) is 11.3 Å². The molecule has 1 amide bonds. The lowest BCUT2D eigenvalue weighted by atomic mass is 10.1. The molecular formula is C15H21N5OS. The van der Waals surface area contributed by atoms with E-state index in [1.165, 1.54) is 0 Å². The van der Waals surface area contributed by atoms with Crippen LogP contribution in [0.25, 0.3) is 0 Å². The summed E-state index contributed by atoms with van der Waals surface area (Å²) >= 11 is 1.58. The third kappa shape index (κ3) is 3.19. The van der Waals surface area contributed by atoms with Gasteiger partial charge in [0.05, 0.1) is 17.1 Å². The largest absolute Gasteiger partial charge is 0.351 e. The molecule has 0 unspecified atom stereocenters. The number of thiazole rings is 1. The lowest BCUT2D eigenvalue weighted by molar-refractivity contribution is -0.121. The number of carbonyl (C=O) groups excluding carboxylic acids is 1. The van der Waals surface area contributed by atoms with Gasteiger partial charge >= 0.3 is 0 Å². The Morgan fingerprint density at radius 2 is 2.32 bits per heavy atom. The molecule has 118 valence electrons. The predicted molar refractivity (Wildman–Crippen MR) is 84.9 cm³/mol. The Morgan fingerprint density at radius 1 is 1.50 bits per heavy atom. The van der Waals surface area contributed by atoms with E-state index in [0.29, 0.717) is 12.3 Å². The van der Waals surface area contributed by atoms with Crippen molar-refractivity contribution in [3.8, 4) is 0 Å². The molecule has 6 nitrogen and oxygen atoms in total. The third-order valence-corrected chi connectivity index (χ3v) is 4.69. The summed E-state index contributed by atoms with van der Waals surface area (Å²) < 4.78 is 2.16. The highest BCUT2D eigenvalue weighted by atomic mass is 32.1. The first kappa shape index (κ1) is 15.1. The van der Waals surface area contributed by atoms with Gasteiger partial charge in [0.1, 0.15) is 11.6 Å². The first-order valence-electron chi connectivity index (χ1n) is 7.65. The molecule has 1 atom stereocenters. The Morgan fingerprint density at radius 3 is 3.00 bits per heavy atom. The van der Waals surface area contributed by atoms with Gasteiger partial charge in [-0.2, -0.15) is 0 Å². The number of fused-ring (bicyclic) bond motifs is 1. The van der Waals surface area contributed by atoms with Crippen molar-refractivity contribution in [2.24, 2.45) is 0 Å². The van der Waals surface area contributed by atoms with Crippen molar-refractivity contribution >= 4 is 17.2 Å². The summed E-state index contributed by atoms with van der Waals surface area (Å²) in [5, 5.41) is 14.6. The van der Waals surface area contributed by atoms with Gasteiger partial charge in [-0.1, -0.05) is 13.8 Å². The fraction of sp³-hybridized carbons (Fsp3) is 0.600. The minimum absolute atomic E-state index is 0.0397. The third-order valence-electron chi connectivity index (χ3n) is 3.87. The van der Waals surface area contributed by atoms with Crippen LogP contribution in [-0.4, -0.2) is 31.7 Å². The Balaban J connectivity index is 1.62. The molecule has 0 aliphatic carbocycles. The lowest BCUT2D eigenvalue weighted by Crippen LogP contribution is -2.42. The van der Waals surface area contributed by atoms with Gasteiger partial charge in [-0.05, 0) is 13.3 Å². The zero-order valence-corrected chi connectivity index (χ0v) is 14.0.